The predicted molar refractivity (Wildman–Crippen MR) is 82.5 cm³/mol. The number of hydrogen-bond acceptors (Lipinski definition) is 3. The Morgan fingerprint density at radius 1 is 1.33 bits per heavy atom. The van der Waals surface area contributed by atoms with Crippen molar-refractivity contribution in [2.24, 2.45) is 5.41 Å². The summed E-state index contributed by atoms with van der Waals surface area (Å²) < 4.78 is 5.27. The van der Waals surface area contributed by atoms with Crippen LogP contribution in [0, 0.1) is 5.41 Å². The molecule has 0 spiro atoms. The Hall–Kier alpha value is -1.36. The van der Waals surface area contributed by atoms with E-state index in [9.17, 15) is 5.11 Å². The topological polar surface area (TPSA) is 57.3 Å². The smallest absolute Gasteiger partial charge is 0.0579 e. The van der Waals surface area contributed by atoms with E-state index in [0.717, 1.165) is 25.8 Å². The summed E-state index contributed by atoms with van der Waals surface area (Å²) in [6.07, 6.45) is 3.33. The van der Waals surface area contributed by atoms with Gasteiger partial charge in [0.15, 0.2) is 0 Å². The molecule has 3 N–H and O–H groups in total. The van der Waals surface area contributed by atoms with Gasteiger partial charge in [0.05, 0.1) is 25.2 Å². The van der Waals surface area contributed by atoms with Crippen molar-refractivity contribution in [2.45, 2.75) is 25.3 Å². The van der Waals surface area contributed by atoms with E-state index in [1.165, 1.54) is 22.2 Å². The molecule has 1 saturated heterocycles. The van der Waals surface area contributed by atoms with Crippen LogP contribution in [0.3, 0.4) is 0 Å². The van der Waals surface area contributed by atoms with Crippen LogP contribution in [-0.4, -0.2) is 42.5 Å². The van der Waals surface area contributed by atoms with Gasteiger partial charge in [-0.2, -0.15) is 0 Å². The minimum absolute atomic E-state index is 0.0412. The molecule has 0 bridgehead atoms. The van der Waals surface area contributed by atoms with Crippen molar-refractivity contribution in [2.75, 3.05) is 26.4 Å². The van der Waals surface area contributed by atoms with Crippen LogP contribution in [0.1, 0.15) is 17.7 Å². The number of aromatic nitrogens is 1. The molecule has 1 fully saturated rings. The highest BCUT2D eigenvalue weighted by molar-refractivity contribution is 5.84. The van der Waals surface area contributed by atoms with Crippen LogP contribution >= 0.6 is 0 Å². The van der Waals surface area contributed by atoms with Crippen molar-refractivity contribution < 1.29 is 9.84 Å². The lowest BCUT2D eigenvalue weighted by Crippen LogP contribution is -2.54. The van der Waals surface area contributed by atoms with E-state index in [-0.39, 0.29) is 12.0 Å². The van der Waals surface area contributed by atoms with Gasteiger partial charge in [0.1, 0.15) is 0 Å². The molecule has 2 heterocycles. The van der Waals surface area contributed by atoms with E-state index in [1.54, 1.807) is 0 Å². The number of nitrogens with one attached hydrogen (secondary N) is 2. The molecule has 1 atom stereocenters. The number of aliphatic hydroxyl groups excluding tert-OH is 1. The Morgan fingerprint density at radius 2 is 2.19 bits per heavy atom. The average Bonchev–Trinajstić information content (AvgIpc) is 2.85. The third kappa shape index (κ3) is 2.27. The minimum Gasteiger partial charge on any atom is -0.396 e. The van der Waals surface area contributed by atoms with Gasteiger partial charge in [0, 0.05) is 29.2 Å². The number of rotatable bonds is 4. The van der Waals surface area contributed by atoms with Gasteiger partial charge in [-0.1, -0.05) is 18.2 Å². The maximum absolute atomic E-state index is 9.51. The Labute approximate surface area is 124 Å². The Balaban J connectivity index is 1.48. The zero-order chi connectivity index (χ0) is 14.3. The van der Waals surface area contributed by atoms with Crippen LogP contribution in [-0.2, 0) is 17.6 Å². The van der Waals surface area contributed by atoms with E-state index in [4.69, 9.17) is 4.74 Å². The summed E-state index contributed by atoms with van der Waals surface area (Å²) in [4.78, 5) is 3.55. The average molecular weight is 286 g/mol. The van der Waals surface area contributed by atoms with E-state index in [2.05, 4.69) is 34.6 Å². The van der Waals surface area contributed by atoms with E-state index in [1.807, 2.05) is 0 Å². The normalized spacial score (nSPS) is 23.8. The minimum atomic E-state index is -0.0412. The third-order valence-corrected chi connectivity index (χ3v) is 5.01. The van der Waals surface area contributed by atoms with Crippen LogP contribution in [0.15, 0.2) is 24.3 Å². The van der Waals surface area contributed by atoms with Crippen molar-refractivity contribution in [1.82, 2.24) is 10.3 Å². The van der Waals surface area contributed by atoms with Gasteiger partial charge >= 0.3 is 0 Å². The Kier molecular flexibility index (Phi) is 3.25. The van der Waals surface area contributed by atoms with Crippen LogP contribution < -0.4 is 5.32 Å². The summed E-state index contributed by atoms with van der Waals surface area (Å²) in [5.41, 5.74) is 4.08. The number of fused-ring (bicyclic) bond motifs is 3. The fraction of sp³-hybridized carbons (Fsp3) is 0.529. The van der Waals surface area contributed by atoms with Gasteiger partial charge < -0.3 is 20.1 Å². The molecule has 21 heavy (non-hydrogen) atoms. The molecule has 1 aromatic carbocycles. The van der Waals surface area contributed by atoms with Crippen molar-refractivity contribution >= 4 is 10.9 Å². The number of H-pyrrole nitrogens is 1. The molecule has 4 nitrogen and oxygen atoms in total. The lowest BCUT2D eigenvalue weighted by atomic mass is 9.85. The molecule has 1 aliphatic carbocycles. The second-order valence-corrected chi connectivity index (χ2v) is 6.60. The zero-order valence-corrected chi connectivity index (χ0v) is 12.2. The van der Waals surface area contributed by atoms with Crippen LogP contribution in [0.25, 0.3) is 10.9 Å². The summed E-state index contributed by atoms with van der Waals surface area (Å²) in [5.74, 6) is 0. The molecular formula is C17H22N2O2. The lowest BCUT2D eigenvalue weighted by Gasteiger charge is -2.41. The zero-order valence-electron chi connectivity index (χ0n) is 12.2. The van der Waals surface area contributed by atoms with Gasteiger partial charge in [-0.05, 0) is 30.9 Å². The maximum atomic E-state index is 9.51. The summed E-state index contributed by atoms with van der Waals surface area (Å²) in [5, 5.41) is 14.5. The molecular weight excluding hydrogens is 264 g/mol. The molecule has 112 valence electrons. The first-order valence-corrected chi connectivity index (χ1v) is 7.80. The third-order valence-electron chi connectivity index (χ3n) is 5.01. The molecule has 2 aromatic rings. The van der Waals surface area contributed by atoms with Gasteiger partial charge in [-0.25, -0.2) is 0 Å². The van der Waals surface area contributed by atoms with Gasteiger partial charge in [0.2, 0.25) is 0 Å². The second kappa shape index (κ2) is 5.13. The van der Waals surface area contributed by atoms with Crippen LogP contribution in [0.2, 0.25) is 0 Å². The predicted octanol–water partition coefficient (Wildman–Crippen LogP) is 1.62. The number of aryl methyl sites for hydroxylation is 1. The molecule has 2 aliphatic rings. The summed E-state index contributed by atoms with van der Waals surface area (Å²) in [7, 11) is 0. The largest absolute Gasteiger partial charge is 0.396 e. The molecule has 1 aromatic heterocycles. The number of benzene rings is 1. The van der Waals surface area contributed by atoms with Gasteiger partial charge in [0.25, 0.3) is 0 Å². The molecule has 1 unspecified atom stereocenters. The number of para-hydroxylation sites is 1. The maximum Gasteiger partial charge on any atom is 0.0579 e. The van der Waals surface area contributed by atoms with Crippen molar-refractivity contribution in [3.8, 4) is 0 Å². The van der Waals surface area contributed by atoms with Gasteiger partial charge in [-0.15, -0.1) is 0 Å². The summed E-state index contributed by atoms with van der Waals surface area (Å²) >= 11 is 0. The molecule has 4 heteroatoms. The highest BCUT2D eigenvalue weighted by Gasteiger charge is 2.38. The van der Waals surface area contributed by atoms with E-state index < -0.39 is 0 Å². The highest BCUT2D eigenvalue weighted by atomic mass is 16.5. The number of aliphatic hydroxyl groups is 1. The molecule has 0 radical (unpaired) electrons. The van der Waals surface area contributed by atoms with Crippen molar-refractivity contribution in [1.29, 1.82) is 0 Å². The van der Waals surface area contributed by atoms with E-state index >= 15 is 0 Å². The number of aromatic amines is 1. The van der Waals surface area contributed by atoms with E-state index in [0.29, 0.717) is 19.3 Å². The first-order chi connectivity index (χ1) is 10.3. The monoisotopic (exact) mass is 286 g/mol. The van der Waals surface area contributed by atoms with Crippen LogP contribution in [0.4, 0.5) is 0 Å². The molecule has 0 saturated carbocycles. The number of hydrogen-bond donors (Lipinski definition) is 3. The van der Waals surface area contributed by atoms with Crippen LogP contribution in [0.5, 0.6) is 0 Å². The second-order valence-electron chi connectivity index (χ2n) is 6.60. The SMILES string of the molecule is OCC1(CNC2CCc3[nH]c4ccccc4c3C2)COC1. The summed E-state index contributed by atoms with van der Waals surface area (Å²) in [6, 6.07) is 9.06. The number of ether oxygens (including phenoxy) is 1. The quantitative estimate of drug-likeness (QED) is 0.800. The molecule has 0 amide bonds. The molecule has 4 rings (SSSR count). The Bertz CT molecular complexity index is 640. The first-order valence-electron chi connectivity index (χ1n) is 7.80. The fourth-order valence-corrected chi connectivity index (χ4v) is 3.54. The standard InChI is InChI=1S/C17H22N2O2/c20-9-17(10-21-11-17)8-18-12-5-6-16-14(7-12)13-3-1-2-4-15(13)19-16/h1-4,12,18-20H,5-11H2. The van der Waals surface area contributed by atoms with Gasteiger partial charge in [-0.3, -0.25) is 0 Å². The molecule has 1 aliphatic heterocycles. The first kappa shape index (κ1) is 13.3. The highest BCUT2D eigenvalue weighted by Crippen LogP contribution is 2.30. The summed E-state index contributed by atoms with van der Waals surface area (Å²) in [6.45, 7) is 2.43. The van der Waals surface area contributed by atoms with Crippen molar-refractivity contribution in [3.63, 3.8) is 0 Å². The fourth-order valence-electron chi connectivity index (χ4n) is 3.54. The Morgan fingerprint density at radius 3 is 2.95 bits per heavy atom. The lowest BCUT2D eigenvalue weighted by molar-refractivity contribution is -0.135. The van der Waals surface area contributed by atoms with Crippen molar-refractivity contribution in [3.05, 3.63) is 35.5 Å².